The number of benzene rings is 3. The lowest BCUT2D eigenvalue weighted by molar-refractivity contribution is -0.117. The summed E-state index contributed by atoms with van der Waals surface area (Å²) in [5.41, 5.74) is 1.99. The number of anilines is 1. The monoisotopic (exact) mass is 491 g/mol. The Labute approximate surface area is 205 Å². The van der Waals surface area contributed by atoms with Gasteiger partial charge >= 0.3 is 0 Å². The summed E-state index contributed by atoms with van der Waals surface area (Å²) < 4.78 is 13.5. The van der Waals surface area contributed by atoms with Crippen LogP contribution in [0.2, 0.25) is 5.02 Å². The van der Waals surface area contributed by atoms with Crippen molar-refractivity contribution in [3.05, 3.63) is 111 Å². The van der Waals surface area contributed by atoms with Crippen molar-refractivity contribution in [3.63, 3.8) is 0 Å². The number of rotatable bonds is 6. The van der Waals surface area contributed by atoms with Gasteiger partial charge in [-0.3, -0.25) is 14.5 Å². The highest BCUT2D eigenvalue weighted by Gasteiger charge is 2.40. The highest BCUT2D eigenvalue weighted by Crippen LogP contribution is 2.42. The molecule has 0 bridgehead atoms. The Morgan fingerprint density at radius 2 is 1.71 bits per heavy atom. The summed E-state index contributed by atoms with van der Waals surface area (Å²) in [5, 5.41) is 12.9. The zero-order valence-corrected chi connectivity index (χ0v) is 19.4. The first kappa shape index (κ1) is 23.6. The van der Waals surface area contributed by atoms with E-state index in [-0.39, 0.29) is 23.1 Å². The summed E-state index contributed by atoms with van der Waals surface area (Å²) in [6.07, 6.45) is 0.381. The molecule has 1 heterocycles. The minimum atomic E-state index is -0.582. The highest BCUT2D eigenvalue weighted by atomic mass is 35.5. The summed E-state index contributed by atoms with van der Waals surface area (Å²) in [6, 6.07) is 23.8. The number of carbonyl (C=O) groups is 2. The molecule has 170 valence electrons. The number of nitriles is 1. The fourth-order valence-electron chi connectivity index (χ4n) is 3.51. The average Bonchev–Trinajstić information content (AvgIpc) is 3.16. The van der Waals surface area contributed by atoms with E-state index in [1.165, 1.54) is 29.2 Å². The van der Waals surface area contributed by atoms with Crippen LogP contribution in [0.25, 0.3) is 0 Å². The van der Waals surface area contributed by atoms with Gasteiger partial charge in [-0.15, -0.1) is 0 Å². The predicted molar refractivity (Wildman–Crippen MR) is 131 cm³/mol. The number of hydrogen-bond donors (Lipinski definition) is 1. The lowest BCUT2D eigenvalue weighted by atomic mass is 10.1. The van der Waals surface area contributed by atoms with E-state index in [1.807, 2.05) is 48.5 Å². The zero-order chi connectivity index (χ0) is 24.1. The van der Waals surface area contributed by atoms with Crippen molar-refractivity contribution >= 4 is 40.9 Å². The lowest BCUT2D eigenvalue weighted by Gasteiger charge is -2.18. The van der Waals surface area contributed by atoms with Crippen molar-refractivity contribution in [2.45, 2.75) is 18.2 Å². The standard InChI is InChI=1S/C26H19ClFN3O2S/c27-19-8-6-17(7-9-19)14-23-25(33)31(21-12-10-20(28)11-13-21)26(34-23)22(15-29)24(32)30-16-18-4-2-1-3-5-18/h1-13,23H,14,16H2,(H,30,32). The second-order valence-electron chi connectivity index (χ2n) is 7.55. The van der Waals surface area contributed by atoms with Gasteiger partial charge in [0.25, 0.3) is 5.91 Å². The number of nitrogens with one attached hydrogen (secondary N) is 1. The zero-order valence-electron chi connectivity index (χ0n) is 17.9. The molecule has 4 rings (SSSR count). The molecule has 1 fully saturated rings. The van der Waals surface area contributed by atoms with Gasteiger partial charge in [0.05, 0.1) is 5.25 Å². The van der Waals surface area contributed by atoms with E-state index in [1.54, 1.807) is 12.1 Å². The number of carbonyl (C=O) groups excluding carboxylic acids is 2. The van der Waals surface area contributed by atoms with Crippen LogP contribution in [0.3, 0.4) is 0 Å². The maximum Gasteiger partial charge on any atom is 0.264 e. The van der Waals surface area contributed by atoms with Gasteiger partial charge in [0.15, 0.2) is 0 Å². The molecule has 1 N–H and O–H groups in total. The van der Waals surface area contributed by atoms with Crippen LogP contribution in [-0.2, 0) is 22.6 Å². The number of thioether (sulfide) groups is 1. The molecule has 34 heavy (non-hydrogen) atoms. The SMILES string of the molecule is N#CC(C(=O)NCc1ccccc1)=C1SC(Cc2ccc(Cl)cc2)C(=O)N1c1ccc(F)cc1. The summed E-state index contributed by atoms with van der Waals surface area (Å²) in [7, 11) is 0. The Bertz CT molecular complexity index is 1270. The first-order valence-corrected chi connectivity index (χ1v) is 11.7. The summed E-state index contributed by atoms with van der Waals surface area (Å²) in [6.45, 7) is 0.238. The smallest absolute Gasteiger partial charge is 0.264 e. The first-order valence-electron chi connectivity index (χ1n) is 10.4. The normalized spacial score (nSPS) is 16.8. The van der Waals surface area contributed by atoms with Gasteiger partial charge in [-0.2, -0.15) is 5.26 Å². The van der Waals surface area contributed by atoms with Gasteiger partial charge in [0.2, 0.25) is 5.91 Å². The van der Waals surface area contributed by atoms with E-state index >= 15 is 0 Å². The fraction of sp³-hybridized carbons (Fsp3) is 0.115. The van der Waals surface area contributed by atoms with Crippen molar-refractivity contribution in [3.8, 4) is 6.07 Å². The molecule has 8 heteroatoms. The Morgan fingerprint density at radius 1 is 1.03 bits per heavy atom. The Balaban J connectivity index is 1.66. The van der Waals surface area contributed by atoms with E-state index < -0.39 is 17.0 Å². The molecular formula is C26H19ClFN3O2S. The minimum absolute atomic E-state index is 0.169. The lowest BCUT2D eigenvalue weighted by Crippen LogP contribution is -2.32. The molecule has 1 atom stereocenters. The van der Waals surface area contributed by atoms with Crippen molar-refractivity contribution in [2.24, 2.45) is 0 Å². The maximum atomic E-state index is 13.5. The largest absolute Gasteiger partial charge is 0.347 e. The topological polar surface area (TPSA) is 73.2 Å². The quantitative estimate of drug-likeness (QED) is 0.379. The molecule has 0 aliphatic carbocycles. The number of nitrogens with zero attached hydrogens (tertiary/aromatic N) is 2. The molecule has 1 saturated heterocycles. The second-order valence-corrected chi connectivity index (χ2v) is 9.18. The van der Waals surface area contributed by atoms with Crippen molar-refractivity contribution < 1.29 is 14.0 Å². The average molecular weight is 492 g/mol. The maximum absolute atomic E-state index is 13.5. The van der Waals surface area contributed by atoms with Crippen LogP contribution in [0.5, 0.6) is 0 Å². The fourth-order valence-corrected chi connectivity index (χ4v) is 4.95. The third-order valence-corrected chi connectivity index (χ3v) is 6.74. The molecule has 1 unspecified atom stereocenters. The molecule has 3 aromatic carbocycles. The predicted octanol–water partition coefficient (Wildman–Crippen LogP) is 5.22. The Hall–Kier alpha value is -3.60. The molecular weight excluding hydrogens is 473 g/mol. The van der Waals surface area contributed by atoms with Crippen LogP contribution >= 0.6 is 23.4 Å². The molecule has 1 aliphatic heterocycles. The van der Waals surface area contributed by atoms with Crippen LogP contribution in [0.4, 0.5) is 10.1 Å². The summed E-state index contributed by atoms with van der Waals surface area (Å²) >= 11 is 7.12. The Morgan fingerprint density at radius 3 is 2.35 bits per heavy atom. The number of amides is 2. The van der Waals surface area contributed by atoms with Gasteiger partial charge in [-0.25, -0.2) is 4.39 Å². The third-order valence-electron chi connectivity index (χ3n) is 5.22. The van der Waals surface area contributed by atoms with Gasteiger partial charge in [-0.05, 0) is 53.9 Å². The van der Waals surface area contributed by atoms with Gasteiger partial charge in [-0.1, -0.05) is 65.8 Å². The summed E-state index contributed by atoms with van der Waals surface area (Å²) in [4.78, 5) is 27.7. The van der Waals surface area contributed by atoms with Crippen LogP contribution in [0, 0.1) is 17.1 Å². The molecule has 0 aromatic heterocycles. The molecule has 0 spiro atoms. The van der Waals surface area contributed by atoms with Gasteiger partial charge < -0.3 is 5.32 Å². The minimum Gasteiger partial charge on any atom is -0.347 e. The van der Waals surface area contributed by atoms with Gasteiger partial charge in [0.1, 0.15) is 22.5 Å². The molecule has 3 aromatic rings. The van der Waals surface area contributed by atoms with Crippen molar-refractivity contribution in [1.82, 2.24) is 5.32 Å². The second kappa shape index (κ2) is 10.6. The molecule has 0 saturated carbocycles. The van der Waals surface area contributed by atoms with E-state index in [0.717, 1.165) is 22.9 Å². The van der Waals surface area contributed by atoms with Crippen LogP contribution in [0.15, 0.2) is 89.5 Å². The van der Waals surface area contributed by atoms with E-state index in [2.05, 4.69) is 5.32 Å². The molecule has 1 aliphatic rings. The Kier molecular flexibility index (Phi) is 7.31. The third kappa shape index (κ3) is 5.30. The van der Waals surface area contributed by atoms with E-state index in [9.17, 15) is 19.2 Å². The van der Waals surface area contributed by atoms with Crippen molar-refractivity contribution in [2.75, 3.05) is 4.90 Å². The van der Waals surface area contributed by atoms with Crippen LogP contribution in [0.1, 0.15) is 11.1 Å². The van der Waals surface area contributed by atoms with E-state index in [0.29, 0.717) is 17.1 Å². The molecule has 2 amide bonds. The van der Waals surface area contributed by atoms with E-state index in [4.69, 9.17) is 11.6 Å². The van der Waals surface area contributed by atoms with Crippen LogP contribution in [-0.4, -0.2) is 17.1 Å². The highest BCUT2D eigenvalue weighted by molar-refractivity contribution is 8.05. The molecule has 0 radical (unpaired) electrons. The van der Waals surface area contributed by atoms with Crippen LogP contribution < -0.4 is 10.2 Å². The number of hydrogen-bond acceptors (Lipinski definition) is 4. The van der Waals surface area contributed by atoms with Crippen molar-refractivity contribution in [1.29, 1.82) is 5.26 Å². The molecule has 5 nitrogen and oxygen atoms in total. The number of halogens is 2. The van der Waals surface area contributed by atoms with Gasteiger partial charge in [0, 0.05) is 17.3 Å². The summed E-state index contributed by atoms with van der Waals surface area (Å²) in [5.74, 6) is -1.32. The first-order chi connectivity index (χ1) is 16.5.